The minimum absolute atomic E-state index is 0.160. The number of hydrogen-bond donors (Lipinski definition) is 1. The highest BCUT2D eigenvalue weighted by Gasteiger charge is 2.46. The molecule has 0 bridgehead atoms. The molecule has 7 rings (SSSR count). The molecule has 1 aromatic heterocycles. The number of benzene rings is 2. The zero-order chi connectivity index (χ0) is 36.5. The lowest BCUT2D eigenvalue weighted by Crippen LogP contribution is -2.57. The number of piperidine rings is 2. The molecule has 0 spiro atoms. The molecule has 1 aliphatic carbocycles. The first-order chi connectivity index (χ1) is 25.0. The Morgan fingerprint density at radius 1 is 0.885 bits per heavy atom. The maximum absolute atomic E-state index is 13.2. The smallest absolute Gasteiger partial charge is 0.238 e. The first-order valence-electron chi connectivity index (χ1n) is 19.2. The molecular weight excluding hydrogens is 671 g/mol. The average molecular weight is 726 g/mol. The molecule has 3 aliphatic heterocycles. The lowest BCUT2D eigenvalue weighted by Gasteiger charge is -2.51. The van der Waals surface area contributed by atoms with E-state index in [-0.39, 0.29) is 16.7 Å². The van der Waals surface area contributed by atoms with Crippen LogP contribution in [0.4, 0.5) is 5.69 Å². The number of likely N-dealkylation sites (tertiary alicyclic amines) is 2. The number of carbonyl (C=O) groups excluding carboxylic acids is 1. The lowest BCUT2D eigenvalue weighted by molar-refractivity contribution is -0.124. The minimum Gasteiger partial charge on any atom is -0.371 e. The van der Waals surface area contributed by atoms with E-state index in [1.807, 2.05) is 13.8 Å². The number of amides is 1. The van der Waals surface area contributed by atoms with Crippen LogP contribution >= 0.6 is 0 Å². The van der Waals surface area contributed by atoms with Gasteiger partial charge in [-0.15, -0.1) is 0 Å². The van der Waals surface area contributed by atoms with Crippen LogP contribution in [-0.4, -0.2) is 94.0 Å². The van der Waals surface area contributed by atoms with Gasteiger partial charge in [0.25, 0.3) is 0 Å². The van der Waals surface area contributed by atoms with Gasteiger partial charge >= 0.3 is 0 Å². The summed E-state index contributed by atoms with van der Waals surface area (Å²) in [5, 5.41) is 2.74. The van der Waals surface area contributed by atoms with Gasteiger partial charge in [-0.1, -0.05) is 49.0 Å². The number of nitrogens with one attached hydrogen (secondary N) is 1. The molecular formula is C41H55N7O3S. The van der Waals surface area contributed by atoms with Crippen LogP contribution in [0.5, 0.6) is 0 Å². The van der Waals surface area contributed by atoms with E-state index < -0.39 is 16.1 Å². The highest BCUT2D eigenvalue weighted by atomic mass is 32.2. The van der Waals surface area contributed by atoms with Crippen LogP contribution in [0.15, 0.2) is 67.5 Å². The third-order valence-corrected chi connectivity index (χ3v) is 14.5. The van der Waals surface area contributed by atoms with Gasteiger partial charge in [-0.2, -0.15) is 4.31 Å². The second kappa shape index (κ2) is 15.3. The number of nitrogens with zero attached hydrogens (tertiary/aromatic N) is 6. The van der Waals surface area contributed by atoms with Crippen LogP contribution in [-0.2, 0) is 27.9 Å². The second-order valence-electron chi connectivity index (χ2n) is 15.6. The number of aromatic nitrogens is 2. The third-order valence-electron chi connectivity index (χ3n) is 12.1. The quantitative estimate of drug-likeness (QED) is 0.255. The van der Waals surface area contributed by atoms with Crippen LogP contribution in [0.3, 0.4) is 0 Å². The van der Waals surface area contributed by atoms with Crippen LogP contribution in [0.25, 0.3) is 5.70 Å². The van der Waals surface area contributed by atoms with Crippen molar-refractivity contribution in [2.24, 2.45) is 0 Å². The Morgan fingerprint density at radius 3 is 2.17 bits per heavy atom. The number of carbonyl (C=O) groups is 1. The van der Waals surface area contributed by atoms with Gasteiger partial charge in [0.05, 0.1) is 16.6 Å². The standard InChI is InChI=1S/C41H55N7O3S/c1-30-39(31(2)44-29-43-30)32(3)45-25-20-41(4,21-26-45)46-23-18-36(19-24-46)47(28-34-9-6-5-7-10-34)35-14-12-33(13-15-35)27-42-40(49)38-11-8-22-48(38)52(50,51)37-16-17-37/h5-7,9-10,12-15,29,36-38H,3,8,11,16-28H2,1-2,4H3,(H,42,49)/t38-/m0/s1. The molecule has 2 aromatic carbocycles. The summed E-state index contributed by atoms with van der Waals surface area (Å²) < 4.78 is 27.2. The van der Waals surface area contributed by atoms with Gasteiger partial charge in [-0.05, 0) is 95.4 Å². The van der Waals surface area contributed by atoms with Crippen molar-refractivity contribution in [2.75, 3.05) is 37.6 Å². The number of aryl methyl sites for hydroxylation is 2. The summed E-state index contributed by atoms with van der Waals surface area (Å²) >= 11 is 0. The van der Waals surface area contributed by atoms with E-state index in [0.717, 1.165) is 93.0 Å². The summed E-state index contributed by atoms with van der Waals surface area (Å²) in [6.45, 7) is 16.8. The lowest BCUT2D eigenvalue weighted by atomic mass is 9.85. The maximum atomic E-state index is 13.2. The van der Waals surface area contributed by atoms with Crippen LogP contribution in [0.1, 0.15) is 86.4 Å². The van der Waals surface area contributed by atoms with Gasteiger partial charge in [0.15, 0.2) is 0 Å². The van der Waals surface area contributed by atoms with Gasteiger partial charge in [0.1, 0.15) is 12.4 Å². The zero-order valence-electron chi connectivity index (χ0n) is 31.1. The molecule has 1 saturated carbocycles. The molecule has 10 nitrogen and oxygen atoms in total. The summed E-state index contributed by atoms with van der Waals surface area (Å²) in [6, 6.07) is 19.1. The molecule has 1 N–H and O–H groups in total. The number of hydrogen-bond acceptors (Lipinski definition) is 8. The number of anilines is 1. The molecule has 0 unspecified atom stereocenters. The van der Waals surface area contributed by atoms with Crippen molar-refractivity contribution in [3.8, 4) is 0 Å². The Morgan fingerprint density at radius 2 is 1.54 bits per heavy atom. The van der Waals surface area contributed by atoms with Gasteiger partial charge in [0.2, 0.25) is 15.9 Å². The minimum atomic E-state index is -3.37. The van der Waals surface area contributed by atoms with Gasteiger partial charge in [0, 0.05) is 74.3 Å². The SMILES string of the molecule is C=C(c1c(C)ncnc1C)N1CCC(C)(N2CCC(N(Cc3ccccc3)c3ccc(CNC(=O)[C@@H]4CCCN4S(=O)(=O)C4CC4)cc3)CC2)CC1. The summed E-state index contributed by atoms with van der Waals surface area (Å²) in [6.07, 6.45) is 8.76. The Labute approximate surface area is 310 Å². The van der Waals surface area contributed by atoms with E-state index >= 15 is 0 Å². The summed E-state index contributed by atoms with van der Waals surface area (Å²) in [4.78, 5) is 29.7. The van der Waals surface area contributed by atoms with E-state index in [2.05, 4.69) is 98.1 Å². The molecule has 3 saturated heterocycles. The second-order valence-corrected chi connectivity index (χ2v) is 17.7. The normalized spacial score (nSPS) is 21.6. The van der Waals surface area contributed by atoms with Gasteiger partial charge < -0.3 is 15.1 Å². The fourth-order valence-electron chi connectivity index (χ4n) is 8.65. The average Bonchev–Trinajstić information content (AvgIpc) is 3.90. The fourth-order valence-corrected chi connectivity index (χ4v) is 10.7. The van der Waals surface area contributed by atoms with Crippen molar-refractivity contribution >= 4 is 27.3 Å². The van der Waals surface area contributed by atoms with Gasteiger partial charge in [-0.25, -0.2) is 18.4 Å². The molecule has 0 radical (unpaired) electrons. The molecule has 278 valence electrons. The molecule has 1 amide bonds. The number of sulfonamides is 1. The topological polar surface area (TPSA) is 102 Å². The zero-order valence-corrected chi connectivity index (χ0v) is 32.0. The fraction of sp³-hybridized carbons (Fsp3) is 0.537. The Kier molecular flexibility index (Phi) is 10.7. The van der Waals surface area contributed by atoms with Crippen LogP contribution in [0.2, 0.25) is 0 Å². The monoisotopic (exact) mass is 725 g/mol. The maximum Gasteiger partial charge on any atom is 0.238 e. The molecule has 3 aromatic rings. The Balaban J connectivity index is 0.967. The summed E-state index contributed by atoms with van der Waals surface area (Å²) in [5.74, 6) is -0.191. The van der Waals surface area contributed by atoms with Crippen molar-refractivity contribution in [3.63, 3.8) is 0 Å². The van der Waals surface area contributed by atoms with Crippen molar-refractivity contribution in [2.45, 2.75) is 108 Å². The van der Waals surface area contributed by atoms with Crippen molar-refractivity contribution in [1.29, 1.82) is 0 Å². The Hall–Kier alpha value is -3.80. The molecule has 4 heterocycles. The highest BCUT2D eigenvalue weighted by Crippen LogP contribution is 2.37. The third kappa shape index (κ3) is 7.77. The largest absolute Gasteiger partial charge is 0.371 e. The first kappa shape index (κ1) is 36.6. The van der Waals surface area contributed by atoms with Crippen molar-refractivity contribution in [1.82, 2.24) is 29.4 Å². The highest BCUT2D eigenvalue weighted by molar-refractivity contribution is 7.90. The van der Waals surface area contributed by atoms with Crippen molar-refractivity contribution < 1.29 is 13.2 Å². The van der Waals surface area contributed by atoms with E-state index in [9.17, 15) is 13.2 Å². The van der Waals surface area contributed by atoms with E-state index in [4.69, 9.17) is 0 Å². The van der Waals surface area contributed by atoms with E-state index in [0.29, 0.717) is 38.4 Å². The molecule has 4 aliphatic rings. The predicted octanol–water partition coefficient (Wildman–Crippen LogP) is 5.66. The predicted molar refractivity (Wildman–Crippen MR) is 207 cm³/mol. The van der Waals surface area contributed by atoms with E-state index in [1.54, 1.807) is 6.33 Å². The van der Waals surface area contributed by atoms with Crippen LogP contribution in [0, 0.1) is 13.8 Å². The van der Waals surface area contributed by atoms with E-state index in [1.165, 1.54) is 15.6 Å². The van der Waals surface area contributed by atoms with Crippen LogP contribution < -0.4 is 10.2 Å². The Bertz CT molecular complexity index is 1810. The molecule has 4 fully saturated rings. The summed E-state index contributed by atoms with van der Waals surface area (Å²) in [5.41, 5.74) is 7.75. The molecule has 52 heavy (non-hydrogen) atoms. The summed E-state index contributed by atoms with van der Waals surface area (Å²) in [7, 11) is -3.37. The number of rotatable bonds is 12. The van der Waals surface area contributed by atoms with Gasteiger partial charge in [-0.3, -0.25) is 9.69 Å². The molecule has 11 heteroatoms. The molecule has 1 atom stereocenters. The van der Waals surface area contributed by atoms with Crippen molar-refractivity contribution in [3.05, 3.63) is 95.6 Å². The first-order valence-corrected chi connectivity index (χ1v) is 20.7.